The molecule has 1 N–H and O–H groups in total. The number of rotatable bonds is 5. The number of fused-ring (bicyclic) bond motifs is 1. The van der Waals surface area contributed by atoms with Crippen LogP contribution >= 0.6 is 0 Å². The Kier molecular flexibility index (Phi) is 5.36. The molecule has 0 radical (unpaired) electrons. The van der Waals surface area contributed by atoms with Crippen LogP contribution in [0.2, 0.25) is 0 Å². The van der Waals surface area contributed by atoms with E-state index in [1.165, 1.54) is 11.8 Å². The molecule has 1 saturated heterocycles. The van der Waals surface area contributed by atoms with Crippen molar-refractivity contribution < 1.29 is 13.2 Å². The summed E-state index contributed by atoms with van der Waals surface area (Å²) in [5.41, 5.74) is 5.23. The minimum atomic E-state index is -3.14. The van der Waals surface area contributed by atoms with Crippen molar-refractivity contribution in [3.8, 4) is 11.3 Å². The van der Waals surface area contributed by atoms with Gasteiger partial charge in [-0.3, -0.25) is 4.79 Å². The van der Waals surface area contributed by atoms with Gasteiger partial charge in [-0.25, -0.2) is 8.42 Å². The summed E-state index contributed by atoms with van der Waals surface area (Å²) in [7, 11) is -3.14. The second-order valence-electron chi connectivity index (χ2n) is 8.04. The molecule has 1 aliphatic rings. The lowest BCUT2D eigenvalue weighted by atomic mass is 9.89. The van der Waals surface area contributed by atoms with Gasteiger partial charge in [0.2, 0.25) is 0 Å². The van der Waals surface area contributed by atoms with Crippen LogP contribution in [0.15, 0.2) is 41.5 Å². The molecule has 4 rings (SSSR count). The van der Waals surface area contributed by atoms with Gasteiger partial charge in [-0.1, -0.05) is 12.1 Å². The van der Waals surface area contributed by atoms with E-state index in [9.17, 15) is 13.2 Å². The Hall–Kier alpha value is -2.38. The van der Waals surface area contributed by atoms with E-state index in [0.29, 0.717) is 11.4 Å². The van der Waals surface area contributed by atoms with Crippen LogP contribution in [0.4, 0.5) is 0 Å². The molecule has 3 aromatic rings. The average Bonchev–Trinajstić information content (AvgIpc) is 3.00. The van der Waals surface area contributed by atoms with Gasteiger partial charge in [0.05, 0.1) is 11.4 Å². The highest BCUT2D eigenvalue weighted by atomic mass is 32.2. The van der Waals surface area contributed by atoms with Crippen LogP contribution in [-0.2, 0) is 26.7 Å². The number of benzene rings is 1. The summed E-state index contributed by atoms with van der Waals surface area (Å²) >= 11 is 0. The minimum absolute atomic E-state index is 0.000418. The Morgan fingerprint density at radius 1 is 1.21 bits per heavy atom. The van der Waals surface area contributed by atoms with Gasteiger partial charge in [-0.15, -0.1) is 0 Å². The molecule has 0 saturated carbocycles. The fourth-order valence-electron chi connectivity index (χ4n) is 4.25. The molecule has 0 atom stereocenters. The van der Waals surface area contributed by atoms with Crippen LogP contribution < -0.4 is 5.56 Å². The zero-order valence-corrected chi connectivity index (χ0v) is 17.6. The number of H-pyrrole nitrogens is 1. The van der Waals surface area contributed by atoms with Crippen LogP contribution in [0.3, 0.4) is 0 Å². The maximum atomic E-state index is 12.3. The van der Waals surface area contributed by atoms with E-state index in [1.807, 2.05) is 41.8 Å². The number of hydrogen-bond acceptors (Lipinski definition) is 4. The number of aromatic nitrogens is 2. The van der Waals surface area contributed by atoms with E-state index in [1.54, 1.807) is 6.20 Å². The quantitative estimate of drug-likeness (QED) is 0.696. The molecular formula is C22H26N2O4S. The molecule has 0 amide bonds. The molecule has 0 unspecified atom stereocenters. The smallest absolute Gasteiger partial charge is 0.272 e. The number of aryl methyl sites for hydroxylation is 1. The molecule has 154 valence electrons. The highest BCUT2D eigenvalue weighted by Gasteiger charge is 2.20. The summed E-state index contributed by atoms with van der Waals surface area (Å²) in [5.74, 6) is 0.541. The van der Waals surface area contributed by atoms with Crippen molar-refractivity contribution in [1.29, 1.82) is 0 Å². The lowest BCUT2D eigenvalue weighted by molar-refractivity contribution is 0.0665. The molecule has 29 heavy (non-hydrogen) atoms. The van der Waals surface area contributed by atoms with Gasteiger partial charge in [0.25, 0.3) is 5.56 Å². The molecule has 0 aliphatic carbocycles. The third-order valence-corrected chi connectivity index (χ3v) is 6.47. The Bertz CT molecular complexity index is 1200. The normalized spacial score (nSPS) is 15.8. The van der Waals surface area contributed by atoms with Gasteiger partial charge >= 0.3 is 0 Å². The second-order valence-corrected chi connectivity index (χ2v) is 10.2. The standard InChI is InChI=1S/C22H26N2O4S/c1-15-11-20(24-8-7-23-22(25)21(15)24)19-13-17(14-29(2,26)27)3-4-18(19)12-16-5-9-28-10-6-16/h3-4,7-8,11,13,16H,5-6,9-10,12,14H2,1-2H3,(H,23,25). The first-order chi connectivity index (χ1) is 13.8. The lowest BCUT2D eigenvalue weighted by Gasteiger charge is -2.23. The molecule has 7 heteroatoms. The molecule has 0 bridgehead atoms. The highest BCUT2D eigenvalue weighted by Crippen LogP contribution is 2.32. The lowest BCUT2D eigenvalue weighted by Crippen LogP contribution is -2.18. The minimum Gasteiger partial charge on any atom is -0.381 e. The van der Waals surface area contributed by atoms with Crippen molar-refractivity contribution >= 4 is 15.4 Å². The molecule has 2 aromatic heterocycles. The predicted octanol–water partition coefficient (Wildman–Crippen LogP) is 3.12. The van der Waals surface area contributed by atoms with Crippen molar-refractivity contribution in [2.24, 2.45) is 5.92 Å². The maximum Gasteiger partial charge on any atom is 0.272 e. The van der Waals surface area contributed by atoms with Crippen molar-refractivity contribution in [3.05, 3.63) is 63.7 Å². The topological polar surface area (TPSA) is 80.6 Å². The second kappa shape index (κ2) is 7.80. The first kappa shape index (κ1) is 19.9. The molecular weight excluding hydrogens is 388 g/mol. The van der Waals surface area contributed by atoms with Crippen LogP contribution in [0.5, 0.6) is 0 Å². The first-order valence-electron chi connectivity index (χ1n) is 9.89. The predicted molar refractivity (Wildman–Crippen MR) is 114 cm³/mol. The van der Waals surface area contributed by atoms with Crippen molar-refractivity contribution in [1.82, 2.24) is 9.38 Å². The number of sulfone groups is 1. The molecule has 6 nitrogen and oxygen atoms in total. The third kappa shape index (κ3) is 4.31. The first-order valence-corrected chi connectivity index (χ1v) is 11.9. The third-order valence-electron chi connectivity index (χ3n) is 5.61. The van der Waals surface area contributed by atoms with Crippen LogP contribution in [0, 0.1) is 12.8 Å². The molecule has 1 aliphatic heterocycles. The summed E-state index contributed by atoms with van der Waals surface area (Å²) < 4.78 is 31.1. The van der Waals surface area contributed by atoms with Crippen molar-refractivity contribution in [2.45, 2.75) is 31.9 Å². The van der Waals surface area contributed by atoms with Crippen LogP contribution in [0.25, 0.3) is 16.8 Å². The SMILES string of the molecule is Cc1cc(-c2cc(CS(C)(=O)=O)ccc2CC2CCOCC2)n2cc[nH]c(=O)c12. The Labute approximate surface area is 170 Å². The van der Waals surface area contributed by atoms with E-state index in [2.05, 4.69) is 4.98 Å². The summed E-state index contributed by atoms with van der Waals surface area (Å²) in [5, 5.41) is 0. The number of hydrogen-bond donors (Lipinski definition) is 1. The Morgan fingerprint density at radius 3 is 2.69 bits per heavy atom. The van der Waals surface area contributed by atoms with Crippen LogP contribution in [0.1, 0.15) is 29.5 Å². The summed E-state index contributed by atoms with van der Waals surface area (Å²) in [6.45, 7) is 3.50. The van der Waals surface area contributed by atoms with Crippen molar-refractivity contribution in [2.75, 3.05) is 19.5 Å². The Morgan fingerprint density at radius 2 is 1.97 bits per heavy atom. The van der Waals surface area contributed by atoms with E-state index < -0.39 is 9.84 Å². The van der Waals surface area contributed by atoms with Gasteiger partial charge in [0, 0.05) is 37.4 Å². The summed E-state index contributed by atoms with van der Waals surface area (Å²) in [6.07, 6.45) is 7.69. The van der Waals surface area contributed by atoms with Gasteiger partial charge in [-0.05, 0) is 60.9 Å². The van der Waals surface area contributed by atoms with Gasteiger partial charge in [0.1, 0.15) is 5.52 Å². The van der Waals surface area contributed by atoms with E-state index in [0.717, 1.165) is 54.9 Å². The largest absolute Gasteiger partial charge is 0.381 e. The molecule has 3 heterocycles. The Balaban J connectivity index is 1.85. The molecule has 0 spiro atoms. The van der Waals surface area contributed by atoms with Gasteiger partial charge < -0.3 is 14.1 Å². The van der Waals surface area contributed by atoms with Gasteiger partial charge in [0.15, 0.2) is 9.84 Å². The van der Waals surface area contributed by atoms with E-state index in [-0.39, 0.29) is 11.3 Å². The molecule has 1 aromatic carbocycles. The van der Waals surface area contributed by atoms with Crippen molar-refractivity contribution in [3.63, 3.8) is 0 Å². The zero-order chi connectivity index (χ0) is 20.6. The zero-order valence-electron chi connectivity index (χ0n) is 16.8. The number of ether oxygens (including phenoxy) is 1. The fourth-order valence-corrected chi connectivity index (χ4v) is 5.04. The monoisotopic (exact) mass is 414 g/mol. The van der Waals surface area contributed by atoms with Crippen LogP contribution in [-0.4, -0.2) is 37.3 Å². The maximum absolute atomic E-state index is 12.3. The highest BCUT2D eigenvalue weighted by molar-refractivity contribution is 7.89. The number of nitrogens with one attached hydrogen (secondary N) is 1. The van der Waals surface area contributed by atoms with Gasteiger partial charge in [-0.2, -0.15) is 0 Å². The molecule has 1 fully saturated rings. The van der Waals surface area contributed by atoms with E-state index in [4.69, 9.17) is 4.74 Å². The number of nitrogens with zero attached hydrogens (tertiary/aromatic N) is 1. The summed E-state index contributed by atoms with van der Waals surface area (Å²) in [6, 6.07) is 7.94. The average molecular weight is 415 g/mol. The fraction of sp³-hybridized carbons (Fsp3) is 0.409. The summed E-state index contributed by atoms with van der Waals surface area (Å²) in [4.78, 5) is 15.1. The van der Waals surface area contributed by atoms with E-state index >= 15 is 0 Å². The number of aromatic amines is 1.